The van der Waals surface area contributed by atoms with Crippen molar-refractivity contribution >= 4 is 13.7 Å². The van der Waals surface area contributed by atoms with Crippen molar-refractivity contribution in [2.24, 2.45) is 11.3 Å². The maximum Gasteiger partial charge on any atom is 0.469 e. The number of aliphatic hydroxyl groups is 3. The molecule has 2 saturated carbocycles. The summed E-state index contributed by atoms with van der Waals surface area (Å²) in [6.45, 7) is -0.567. The maximum absolute atomic E-state index is 12.6. The van der Waals surface area contributed by atoms with Gasteiger partial charge in [0.15, 0.2) is 0 Å². The fourth-order valence-corrected chi connectivity index (χ4v) is 6.91. The first-order chi connectivity index (χ1) is 15.6. The molecule has 11 heteroatoms. The van der Waals surface area contributed by atoms with Crippen LogP contribution in [0.5, 0.6) is 0 Å². The van der Waals surface area contributed by atoms with Crippen LogP contribution in [0, 0.1) is 11.3 Å². The average Bonchev–Trinajstić information content (AvgIpc) is 2.96. The van der Waals surface area contributed by atoms with Gasteiger partial charge in [0.05, 0.1) is 24.4 Å². The van der Waals surface area contributed by atoms with Crippen LogP contribution in [0.15, 0.2) is 12.2 Å². The summed E-state index contributed by atoms with van der Waals surface area (Å²) in [6, 6.07) is 0. The van der Waals surface area contributed by atoms with E-state index in [4.69, 9.17) is 14.5 Å². The largest absolute Gasteiger partial charge is 0.469 e. The predicted molar refractivity (Wildman–Crippen MR) is 117 cm³/mol. The zero-order valence-corrected chi connectivity index (χ0v) is 19.6. The van der Waals surface area contributed by atoms with Crippen molar-refractivity contribution < 1.29 is 43.7 Å². The third-order valence-corrected chi connectivity index (χ3v) is 8.79. The highest BCUT2D eigenvalue weighted by Crippen LogP contribution is 2.54. The number of rotatable bonds is 4. The van der Waals surface area contributed by atoms with Crippen LogP contribution in [0.3, 0.4) is 0 Å². The highest BCUT2D eigenvalue weighted by molar-refractivity contribution is 7.46. The highest BCUT2D eigenvalue weighted by Gasteiger charge is 2.59. The van der Waals surface area contributed by atoms with Gasteiger partial charge in [0, 0.05) is 5.41 Å². The van der Waals surface area contributed by atoms with Crippen LogP contribution < -0.4 is 5.32 Å². The summed E-state index contributed by atoms with van der Waals surface area (Å²) in [4.78, 5) is 30.7. The van der Waals surface area contributed by atoms with Crippen LogP contribution in [0.2, 0.25) is 0 Å². The Morgan fingerprint density at radius 3 is 2.48 bits per heavy atom. The molecule has 6 N–H and O–H groups in total. The molecule has 1 amide bonds. The lowest BCUT2D eigenvalue weighted by molar-refractivity contribution is -0.123. The van der Waals surface area contributed by atoms with Crippen molar-refractivity contribution in [2.75, 3.05) is 6.61 Å². The maximum atomic E-state index is 12.6. The molecule has 3 bridgehead atoms. The second kappa shape index (κ2) is 9.66. The van der Waals surface area contributed by atoms with Gasteiger partial charge in [-0.2, -0.15) is 0 Å². The topological polar surface area (TPSA) is 166 Å². The second-order valence-corrected chi connectivity index (χ2v) is 11.5. The monoisotopic (exact) mass is 489 g/mol. The molecule has 0 aromatic carbocycles. The van der Waals surface area contributed by atoms with E-state index in [0.29, 0.717) is 25.7 Å². The van der Waals surface area contributed by atoms with Crippen molar-refractivity contribution in [1.82, 2.24) is 5.32 Å². The minimum Gasteiger partial charge on any atom is -0.391 e. The number of phosphoric ester groups is 1. The van der Waals surface area contributed by atoms with Crippen LogP contribution in [0.1, 0.15) is 64.2 Å². The quantitative estimate of drug-likeness (QED) is 0.315. The minimum atomic E-state index is -4.78. The molecule has 33 heavy (non-hydrogen) atoms. The highest BCUT2D eigenvalue weighted by atomic mass is 31.2. The molecule has 8 unspecified atom stereocenters. The van der Waals surface area contributed by atoms with Gasteiger partial charge in [-0.05, 0) is 44.1 Å². The van der Waals surface area contributed by atoms with E-state index in [-0.39, 0.29) is 18.2 Å². The Hall–Kier alpha value is -0.840. The number of hydrogen-bond acceptors (Lipinski definition) is 7. The summed E-state index contributed by atoms with van der Waals surface area (Å²) in [6.07, 6.45) is 5.42. The number of carbonyl (C=O) groups is 1. The zero-order valence-electron chi connectivity index (χ0n) is 18.7. The average molecular weight is 490 g/mol. The number of phosphoric acid groups is 1. The SMILES string of the molecule is O=C1/C=C\C2CCC3(CCCCCCCC2(C2OC(COP(=O)(O)O)C(O)C2O)CC3O)N1. The molecule has 10 nitrogen and oxygen atoms in total. The summed E-state index contributed by atoms with van der Waals surface area (Å²) in [7, 11) is -4.78. The lowest BCUT2D eigenvalue weighted by Crippen LogP contribution is -2.57. The van der Waals surface area contributed by atoms with Gasteiger partial charge in [-0.25, -0.2) is 4.57 Å². The molecule has 1 spiro atoms. The first-order valence-corrected chi connectivity index (χ1v) is 13.5. The molecule has 4 aliphatic rings. The van der Waals surface area contributed by atoms with Crippen molar-refractivity contribution in [3.8, 4) is 0 Å². The van der Waals surface area contributed by atoms with Crippen LogP contribution in [-0.2, 0) is 18.6 Å². The van der Waals surface area contributed by atoms with Gasteiger partial charge in [0.2, 0.25) is 5.91 Å². The predicted octanol–water partition coefficient (Wildman–Crippen LogP) is 0.901. The lowest BCUT2D eigenvalue weighted by atomic mass is 9.63. The number of ether oxygens (including phenoxy) is 1. The molecule has 4 rings (SSSR count). The van der Waals surface area contributed by atoms with E-state index in [2.05, 4.69) is 9.84 Å². The number of carbonyl (C=O) groups excluding carboxylic acids is 1. The molecule has 2 aliphatic carbocycles. The fourth-order valence-electron chi connectivity index (χ4n) is 6.57. The molecular formula is C22H36NO9P. The summed E-state index contributed by atoms with van der Waals surface area (Å²) < 4.78 is 21.8. The summed E-state index contributed by atoms with van der Waals surface area (Å²) in [5.74, 6) is -0.416. The Morgan fingerprint density at radius 2 is 1.76 bits per heavy atom. The third-order valence-electron chi connectivity index (χ3n) is 8.30. The molecule has 0 aromatic heterocycles. The Morgan fingerprint density at radius 1 is 1.06 bits per heavy atom. The molecule has 8 atom stereocenters. The zero-order chi connectivity index (χ0) is 23.9. The lowest BCUT2D eigenvalue weighted by Gasteiger charge is -2.45. The fraction of sp³-hybridized carbons (Fsp3) is 0.864. The second-order valence-electron chi connectivity index (χ2n) is 10.2. The van der Waals surface area contributed by atoms with Gasteiger partial charge < -0.3 is 35.2 Å². The number of fused-ring (bicyclic) bond motifs is 5. The van der Waals surface area contributed by atoms with Gasteiger partial charge in [0.1, 0.15) is 18.3 Å². The van der Waals surface area contributed by atoms with Crippen molar-refractivity contribution in [3.63, 3.8) is 0 Å². The van der Waals surface area contributed by atoms with Crippen LogP contribution >= 0.6 is 7.82 Å². The van der Waals surface area contributed by atoms with Gasteiger partial charge in [0.25, 0.3) is 0 Å². The van der Waals surface area contributed by atoms with Gasteiger partial charge in [-0.1, -0.05) is 38.2 Å². The molecule has 2 heterocycles. The van der Waals surface area contributed by atoms with E-state index in [1.54, 1.807) is 0 Å². The summed E-state index contributed by atoms with van der Waals surface area (Å²) >= 11 is 0. The van der Waals surface area contributed by atoms with Gasteiger partial charge in [-0.15, -0.1) is 0 Å². The van der Waals surface area contributed by atoms with E-state index in [1.807, 2.05) is 6.08 Å². The normalized spacial score (nSPS) is 45.5. The first-order valence-electron chi connectivity index (χ1n) is 12.0. The van der Waals surface area contributed by atoms with E-state index < -0.39 is 55.9 Å². The molecule has 3 fully saturated rings. The number of aliphatic hydroxyl groups excluding tert-OH is 3. The van der Waals surface area contributed by atoms with Crippen LogP contribution in [0.4, 0.5) is 0 Å². The minimum absolute atomic E-state index is 0.173. The molecular weight excluding hydrogens is 453 g/mol. The Labute approximate surface area is 193 Å². The van der Waals surface area contributed by atoms with E-state index >= 15 is 0 Å². The van der Waals surface area contributed by atoms with E-state index in [0.717, 1.165) is 32.1 Å². The number of hydrogen-bond donors (Lipinski definition) is 6. The first kappa shape index (κ1) is 25.3. The van der Waals surface area contributed by atoms with Gasteiger partial charge >= 0.3 is 7.82 Å². The standard InChI is InChI=1S/C22H36NO9P/c24-16-12-21(20-19(27)18(26)15(32-20)13-31-33(28,29)30)9-4-2-1-3-5-10-22(16)11-8-14(21)6-7-17(25)23-22/h6-7,14-16,18-20,24,26-27H,1-5,8-13H2,(H,23,25)(H2,28,29,30)/b7-6-. The van der Waals surface area contributed by atoms with Crippen molar-refractivity contribution in [1.29, 1.82) is 0 Å². The van der Waals surface area contributed by atoms with Crippen molar-refractivity contribution in [3.05, 3.63) is 12.2 Å². The number of amides is 1. The van der Waals surface area contributed by atoms with Gasteiger partial charge in [-0.3, -0.25) is 9.32 Å². The number of allylic oxidation sites excluding steroid dienone is 1. The van der Waals surface area contributed by atoms with E-state index in [9.17, 15) is 24.7 Å². The van der Waals surface area contributed by atoms with Crippen LogP contribution in [-0.4, -0.2) is 73.7 Å². The Bertz CT molecular complexity index is 803. The molecule has 0 aromatic rings. The molecule has 0 radical (unpaired) electrons. The third kappa shape index (κ3) is 5.09. The summed E-state index contributed by atoms with van der Waals surface area (Å²) in [5, 5.41) is 36.3. The molecule has 188 valence electrons. The smallest absolute Gasteiger partial charge is 0.391 e. The molecule has 2 aliphatic heterocycles. The van der Waals surface area contributed by atoms with Crippen molar-refractivity contribution in [2.45, 2.75) is 100 Å². The van der Waals surface area contributed by atoms with Crippen LogP contribution in [0.25, 0.3) is 0 Å². The molecule has 1 saturated heterocycles. The van der Waals surface area contributed by atoms with E-state index in [1.165, 1.54) is 6.08 Å². The Balaban J connectivity index is 1.72. The summed E-state index contributed by atoms with van der Waals surface area (Å²) in [5.41, 5.74) is -1.51. The Kier molecular flexibility index (Phi) is 7.40. The number of nitrogens with one attached hydrogen (secondary N) is 1.